The van der Waals surface area contributed by atoms with Crippen molar-refractivity contribution in [3.05, 3.63) is 51.7 Å². The van der Waals surface area contributed by atoms with Crippen molar-refractivity contribution in [2.75, 3.05) is 6.61 Å². The lowest BCUT2D eigenvalue weighted by molar-refractivity contribution is 0.368. The summed E-state index contributed by atoms with van der Waals surface area (Å²) in [4.78, 5) is 0. The molecule has 2 aromatic rings. The Labute approximate surface area is 123 Å². The fourth-order valence-corrected chi connectivity index (χ4v) is 2.77. The number of nitriles is 1. The first-order chi connectivity index (χ1) is 9.70. The minimum atomic E-state index is 0.0879. The molecule has 0 amide bonds. The maximum Gasteiger partial charge on any atom is 0.174 e. The normalized spacial score (nSPS) is 11.8. The lowest BCUT2D eigenvalue weighted by Crippen LogP contribution is -2.18. The molecule has 0 radical (unpaired) electrons. The van der Waals surface area contributed by atoms with Crippen molar-refractivity contribution in [2.45, 2.75) is 26.4 Å². The third kappa shape index (κ3) is 3.83. The molecule has 0 aliphatic carbocycles. The maximum absolute atomic E-state index is 8.47. The van der Waals surface area contributed by atoms with Crippen molar-refractivity contribution in [2.24, 2.45) is 0 Å². The molecular weight excluding hydrogens is 268 g/mol. The highest BCUT2D eigenvalue weighted by atomic mass is 32.1. The van der Waals surface area contributed by atoms with Gasteiger partial charge in [0.2, 0.25) is 0 Å². The van der Waals surface area contributed by atoms with Crippen molar-refractivity contribution in [1.29, 1.82) is 5.26 Å². The van der Waals surface area contributed by atoms with Crippen molar-refractivity contribution in [3.63, 3.8) is 0 Å². The zero-order chi connectivity index (χ0) is 14.4. The molecule has 1 aromatic carbocycles. The van der Waals surface area contributed by atoms with Gasteiger partial charge < -0.3 is 10.1 Å². The summed E-state index contributed by atoms with van der Waals surface area (Å²) in [6.45, 7) is 5.25. The van der Waals surface area contributed by atoms with Crippen molar-refractivity contribution in [3.8, 4) is 11.8 Å². The van der Waals surface area contributed by atoms with Gasteiger partial charge in [0, 0.05) is 12.6 Å². The predicted octanol–water partition coefficient (Wildman–Crippen LogP) is 3.81. The molecule has 20 heavy (non-hydrogen) atoms. The van der Waals surface area contributed by atoms with Crippen LogP contribution in [0.2, 0.25) is 0 Å². The van der Waals surface area contributed by atoms with Crippen LogP contribution in [0, 0.1) is 18.3 Å². The van der Waals surface area contributed by atoms with E-state index < -0.39 is 0 Å². The second kappa shape index (κ2) is 7.09. The van der Waals surface area contributed by atoms with Gasteiger partial charge >= 0.3 is 0 Å². The van der Waals surface area contributed by atoms with E-state index in [0.29, 0.717) is 0 Å². The van der Waals surface area contributed by atoms with Gasteiger partial charge in [-0.1, -0.05) is 12.1 Å². The quantitative estimate of drug-likeness (QED) is 0.878. The molecule has 0 bridgehead atoms. The largest absolute Gasteiger partial charge is 0.479 e. The highest BCUT2D eigenvalue weighted by Crippen LogP contribution is 2.19. The van der Waals surface area contributed by atoms with E-state index >= 15 is 0 Å². The molecule has 0 saturated carbocycles. The number of hydrogen-bond acceptors (Lipinski definition) is 4. The Bertz CT molecular complexity index is 583. The van der Waals surface area contributed by atoms with E-state index in [1.807, 2.05) is 30.3 Å². The van der Waals surface area contributed by atoms with Gasteiger partial charge in [0.1, 0.15) is 11.8 Å². The van der Waals surface area contributed by atoms with Gasteiger partial charge in [-0.05, 0) is 53.4 Å². The van der Waals surface area contributed by atoms with Gasteiger partial charge in [0.15, 0.2) is 6.61 Å². The third-order valence-corrected chi connectivity index (χ3v) is 4.15. The molecule has 1 atom stereocenters. The SMILES string of the molecule is Cc1cscc1CNC(C)c1ccc(OCC#N)cc1. The molecule has 2 rings (SSSR count). The van der Waals surface area contributed by atoms with E-state index in [9.17, 15) is 0 Å². The van der Waals surface area contributed by atoms with Crippen molar-refractivity contribution >= 4 is 11.3 Å². The molecule has 0 aliphatic rings. The van der Waals surface area contributed by atoms with E-state index in [4.69, 9.17) is 10.00 Å². The second-order valence-corrected chi connectivity index (χ2v) is 5.44. The number of rotatable bonds is 6. The van der Waals surface area contributed by atoms with Crippen LogP contribution in [0.15, 0.2) is 35.0 Å². The van der Waals surface area contributed by atoms with E-state index in [0.717, 1.165) is 12.3 Å². The Balaban J connectivity index is 1.90. The van der Waals surface area contributed by atoms with Crippen molar-refractivity contribution in [1.82, 2.24) is 5.32 Å². The predicted molar refractivity (Wildman–Crippen MR) is 81.9 cm³/mol. The van der Waals surface area contributed by atoms with Gasteiger partial charge in [0.25, 0.3) is 0 Å². The zero-order valence-corrected chi connectivity index (χ0v) is 12.5. The molecule has 0 spiro atoms. The number of nitrogens with zero attached hydrogens (tertiary/aromatic N) is 1. The summed E-state index contributed by atoms with van der Waals surface area (Å²) >= 11 is 1.74. The van der Waals surface area contributed by atoms with Gasteiger partial charge in [-0.3, -0.25) is 0 Å². The van der Waals surface area contributed by atoms with E-state index in [1.54, 1.807) is 11.3 Å². The molecule has 0 saturated heterocycles. The van der Waals surface area contributed by atoms with Crippen LogP contribution in [0.25, 0.3) is 0 Å². The molecule has 0 aliphatic heterocycles. The summed E-state index contributed by atoms with van der Waals surface area (Å²) in [5, 5.41) is 16.3. The topological polar surface area (TPSA) is 45.0 Å². The summed E-state index contributed by atoms with van der Waals surface area (Å²) in [7, 11) is 0. The minimum Gasteiger partial charge on any atom is -0.479 e. The maximum atomic E-state index is 8.47. The fourth-order valence-electron chi connectivity index (χ4n) is 1.92. The first-order valence-electron chi connectivity index (χ1n) is 6.55. The third-order valence-electron chi connectivity index (χ3n) is 3.24. The van der Waals surface area contributed by atoms with Gasteiger partial charge in [-0.15, -0.1) is 0 Å². The minimum absolute atomic E-state index is 0.0879. The Morgan fingerprint density at radius 1 is 1.30 bits per heavy atom. The first-order valence-corrected chi connectivity index (χ1v) is 7.49. The second-order valence-electron chi connectivity index (χ2n) is 4.70. The van der Waals surface area contributed by atoms with Crippen LogP contribution in [0.5, 0.6) is 5.75 Å². The van der Waals surface area contributed by atoms with Crippen LogP contribution >= 0.6 is 11.3 Å². The van der Waals surface area contributed by atoms with Crippen LogP contribution < -0.4 is 10.1 Å². The van der Waals surface area contributed by atoms with E-state index in [-0.39, 0.29) is 12.6 Å². The molecule has 3 nitrogen and oxygen atoms in total. The summed E-state index contributed by atoms with van der Waals surface area (Å²) in [6, 6.07) is 10.1. The van der Waals surface area contributed by atoms with Crippen LogP contribution in [0.3, 0.4) is 0 Å². The van der Waals surface area contributed by atoms with Gasteiger partial charge in [-0.2, -0.15) is 16.6 Å². The molecule has 0 fully saturated rings. The molecule has 1 heterocycles. The molecule has 1 N–H and O–H groups in total. The molecule has 4 heteroatoms. The first kappa shape index (κ1) is 14.6. The number of nitrogens with one attached hydrogen (secondary N) is 1. The lowest BCUT2D eigenvalue weighted by Gasteiger charge is -2.14. The number of benzene rings is 1. The van der Waals surface area contributed by atoms with Gasteiger partial charge in [0.05, 0.1) is 0 Å². The molecule has 104 valence electrons. The lowest BCUT2D eigenvalue weighted by atomic mass is 10.1. The number of aryl methyl sites for hydroxylation is 1. The summed E-state index contributed by atoms with van der Waals surface area (Å²) in [5.74, 6) is 0.733. The standard InChI is InChI=1S/C16H18N2OS/c1-12-10-20-11-15(12)9-18-13(2)14-3-5-16(6-4-14)19-8-7-17/h3-6,10-11,13,18H,8-9H2,1-2H3. The monoisotopic (exact) mass is 286 g/mol. The smallest absolute Gasteiger partial charge is 0.174 e. The Kier molecular flexibility index (Phi) is 5.16. The van der Waals surface area contributed by atoms with E-state index in [2.05, 4.69) is 29.9 Å². The summed E-state index contributed by atoms with van der Waals surface area (Å²) < 4.78 is 5.24. The Morgan fingerprint density at radius 2 is 2.05 bits per heavy atom. The average molecular weight is 286 g/mol. The van der Waals surface area contributed by atoms with Crippen LogP contribution in [-0.2, 0) is 6.54 Å². The Hall–Kier alpha value is -1.83. The van der Waals surface area contributed by atoms with Crippen LogP contribution in [0.1, 0.15) is 29.7 Å². The fraction of sp³-hybridized carbons (Fsp3) is 0.312. The van der Waals surface area contributed by atoms with Crippen LogP contribution in [-0.4, -0.2) is 6.61 Å². The van der Waals surface area contributed by atoms with Crippen molar-refractivity contribution < 1.29 is 4.74 Å². The van der Waals surface area contributed by atoms with Crippen LogP contribution in [0.4, 0.5) is 0 Å². The summed E-state index contributed by atoms with van der Waals surface area (Å²) in [6.07, 6.45) is 0. The highest BCUT2D eigenvalue weighted by molar-refractivity contribution is 7.08. The molecular formula is C16H18N2OS. The average Bonchev–Trinajstić information content (AvgIpc) is 2.88. The highest BCUT2D eigenvalue weighted by Gasteiger charge is 2.06. The molecule has 1 unspecified atom stereocenters. The number of hydrogen-bond donors (Lipinski definition) is 1. The molecule has 1 aromatic heterocycles. The van der Waals surface area contributed by atoms with E-state index in [1.165, 1.54) is 16.7 Å². The summed E-state index contributed by atoms with van der Waals surface area (Å²) in [5.41, 5.74) is 3.91. The number of ether oxygens (including phenoxy) is 1. The zero-order valence-electron chi connectivity index (χ0n) is 11.7. The number of thiophene rings is 1. The Morgan fingerprint density at radius 3 is 2.65 bits per heavy atom. The van der Waals surface area contributed by atoms with Gasteiger partial charge in [-0.25, -0.2) is 0 Å².